The zero-order valence-corrected chi connectivity index (χ0v) is 12.8. The van der Waals surface area contributed by atoms with E-state index in [0.717, 1.165) is 39.1 Å². The summed E-state index contributed by atoms with van der Waals surface area (Å²) in [4.78, 5) is 2.39. The Labute approximate surface area is 113 Å². The second-order valence-corrected chi connectivity index (χ2v) is 5.55. The van der Waals surface area contributed by atoms with Gasteiger partial charge in [-0.05, 0) is 32.9 Å². The molecule has 4 nitrogen and oxygen atoms in total. The summed E-state index contributed by atoms with van der Waals surface area (Å²) in [6.45, 7) is 12.6. The van der Waals surface area contributed by atoms with Crippen molar-refractivity contribution < 1.29 is 9.84 Å². The van der Waals surface area contributed by atoms with Gasteiger partial charge >= 0.3 is 0 Å². The van der Waals surface area contributed by atoms with Gasteiger partial charge in [-0.25, -0.2) is 0 Å². The van der Waals surface area contributed by atoms with Gasteiger partial charge in [-0.2, -0.15) is 0 Å². The molecule has 0 heterocycles. The first kappa shape index (κ1) is 17.8. The molecule has 110 valence electrons. The first-order valence-electron chi connectivity index (χ1n) is 7.07. The molecule has 0 saturated carbocycles. The summed E-state index contributed by atoms with van der Waals surface area (Å²) in [5.41, 5.74) is -0.158. The summed E-state index contributed by atoms with van der Waals surface area (Å²) >= 11 is 0. The molecular weight excluding hydrogens is 228 g/mol. The van der Waals surface area contributed by atoms with Gasteiger partial charge in [0.1, 0.15) is 0 Å². The van der Waals surface area contributed by atoms with E-state index in [1.165, 1.54) is 0 Å². The van der Waals surface area contributed by atoms with Gasteiger partial charge in [0.15, 0.2) is 0 Å². The number of rotatable bonds is 11. The highest BCUT2D eigenvalue weighted by Gasteiger charge is 2.23. The van der Waals surface area contributed by atoms with Gasteiger partial charge in [0.2, 0.25) is 0 Å². The van der Waals surface area contributed by atoms with E-state index in [1.54, 1.807) is 7.11 Å². The highest BCUT2D eigenvalue weighted by atomic mass is 16.5. The highest BCUT2D eigenvalue weighted by molar-refractivity contribution is 4.84. The van der Waals surface area contributed by atoms with Crippen molar-refractivity contribution in [2.75, 3.05) is 40.0 Å². The van der Waals surface area contributed by atoms with E-state index in [1.807, 2.05) is 0 Å². The highest BCUT2D eigenvalue weighted by Crippen LogP contribution is 2.13. The van der Waals surface area contributed by atoms with Crippen LogP contribution in [0, 0.1) is 0 Å². The van der Waals surface area contributed by atoms with Crippen LogP contribution in [0.1, 0.15) is 40.5 Å². The first-order valence-corrected chi connectivity index (χ1v) is 7.07. The molecule has 18 heavy (non-hydrogen) atoms. The van der Waals surface area contributed by atoms with Crippen LogP contribution in [0.4, 0.5) is 0 Å². The number of methoxy groups -OCH3 is 1. The number of ether oxygens (including phenoxy) is 1. The molecule has 0 rings (SSSR count). The third kappa shape index (κ3) is 8.03. The number of hydrogen-bond donors (Lipinski definition) is 2. The zero-order chi connectivity index (χ0) is 14.0. The van der Waals surface area contributed by atoms with Crippen molar-refractivity contribution in [2.24, 2.45) is 0 Å². The lowest BCUT2D eigenvalue weighted by atomic mass is 9.95. The second-order valence-electron chi connectivity index (χ2n) is 5.55. The van der Waals surface area contributed by atoms with Crippen LogP contribution >= 0.6 is 0 Å². The van der Waals surface area contributed by atoms with Crippen LogP contribution in [0.3, 0.4) is 0 Å². The normalized spacial score (nSPS) is 15.3. The van der Waals surface area contributed by atoms with Gasteiger partial charge < -0.3 is 20.1 Å². The van der Waals surface area contributed by atoms with E-state index in [4.69, 9.17) is 4.74 Å². The van der Waals surface area contributed by atoms with Gasteiger partial charge in [-0.3, -0.25) is 0 Å². The standard InChI is InChI=1S/C14H32N2O2/c1-6-16(10-11-18-5)9-7-8-14(4,12-17)15-13(2)3/h13,15,17H,6-12H2,1-5H3. The van der Waals surface area contributed by atoms with E-state index in [9.17, 15) is 5.11 Å². The number of hydrogen-bond acceptors (Lipinski definition) is 4. The second kappa shape index (κ2) is 9.73. The molecule has 2 N–H and O–H groups in total. The summed E-state index contributed by atoms with van der Waals surface area (Å²) in [5, 5.41) is 12.9. The predicted molar refractivity (Wildman–Crippen MR) is 77.0 cm³/mol. The van der Waals surface area contributed by atoms with Crippen molar-refractivity contribution in [3.05, 3.63) is 0 Å². The zero-order valence-electron chi connectivity index (χ0n) is 12.8. The summed E-state index contributed by atoms with van der Waals surface area (Å²) in [6.07, 6.45) is 2.08. The quantitative estimate of drug-likeness (QED) is 0.591. The van der Waals surface area contributed by atoms with Crippen molar-refractivity contribution in [3.8, 4) is 0 Å². The van der Waals surface area contributed by atoms with Crippen LogP contribution in [-0.4, -0.2) is 61.5 Å². The molecule has 0 aliphatic heterocycles. The van der Waals surface area contributed by atoms with Crippen LogP contribution < -0.4 is 5.32 Å². The molecule has 0 aromatic rings. The molecule has 0 bridgehead atoms. The van der Waals surface area contributed by atoms with Crippen molar-refractivity contribution >= 4 is 0 Å². The van der Waals surface area contributed by atoms with Gasteiger partial charge in [-0.15, -0.1) is 0 Å². The Bertz CT molecular complexity index is 200. The maximum atomic E-state index is 9.50. The molecule has 0 aromatic carbocycles. The Morgan fingerprint density at radius 2 is 2.00 bits per heavy atom. The molecule has 4 heteroatoms. The first-order chi connectivity index (χ1) is 8.47. The fraction of sp³-hybridized carbons (Fsp3) is 1.00. The molecule has 0 fully saturated rings. The maximum absolute atomic E-state index is 9.50. The Hall–Kier alpha value is -0.160. The average Bonchev–Trinajstić information content (AvgIpc) is 2.32. The van der Waals surface area contributed by atoms with Crippen molar-refractivity contribution in [3.63, 3.8) is 0 Å². The topological polar surface area (TPSA) is 44.7 Å². The molecule has 1 unspecified atom stereocenters. The number of likely N-dealkylation sites (N-methyl/N-ethyl adjacent to an activating group) is 1. The molecule has 0 aromatic heterocycles. The van der Waals surface area contributed by atoms with Crippen LogP contribution in [0.2, 0.25) is 0 Å². The third-order valence-corrected chi connectivity index (χ3v) is 3.25. The average molecular weight is 260 g/mol. The van der Waals surface area contributed by atoms with E-state index < -0.39 is 0 Å². The van der Waals surface area contributed by atoms with Gasteiger partial charge in [-0.1, -0.05) is 20.8 Å². The molecule has 1 atom stereocenters. The Balaban J connectivity index is 3.97. The summed E-state index contributed by atoms with van der Waals surface area (Å²) in [6, 6.07) is 0.401. The smallest absolute Gasteiger partial charge is 0.0610 e. The van der Waals surface area contributed by atoms with Crippen molar-refractivity contribution in [2.45, 2.75) is 52.1 Å². The van der Waals surface area contributed by atoms with Crippen LogP contribution in [-0.2, 0) is 4.74 Å². The maximum Gasteiger partial charge on any atom is 0.0610 e. The fourth-order valence-electron chi connectivity index (χ4n) is 2.24. The van der Waals surface area contributed by atoms with E-state index >= 15 is 0 Å². The molecule has 0 aliphatic carbocycles. The molecular formula is C14H32N2O2. The minimum atomic E-state index is -0.158. The number of aliphatic hydroxyl groups excluding tert-OH is 1. The molecule has 0 amide bonds. The Morgan fingerprint density at radius 1 is 1.33 bits per heavy atom. The lowest BCUT2D eigenvalue weighted by molar-refractivity contribution is 0.133. The van der Waals surface area contributed by atoms with Crippen LogP contribution in [0.5, 0.6) is 0 Å². The SMILES string of the molecule is CCN(CCCC(C)(CO)NC(C)C)CCOC. The van der Waals surface area contributed by atoms with E-state index in [-0.39, 0.29) is 12.1 Å². The largest absolute Gasteiger partial charge is 0.394 e. The molecule has 0 aliphatic rings. The van der Waals surface area contributed by atoms with Crippen LogP contribution in [0.15, 0.2) is 0 Å². The summed E-state index contributed by atoms with van der Waals surface area (Å²) < 4.78 is 5.10. The third-order valence-electron chi connectivity index (χ3n) is 3.25. The number of aliphatic hydroxyl groups is 1. The number of nitrogens with zero attached hydrogens (tertiary/aromatic N) is 1. The van der Waals surface area contributed by atoms with E-state index in [2.05, 4.69) is 37.9 Å². The van der Waals surface area contributed by atoms with Gasteiger partial charge in [0, 0.05) is 25.2 Å². The number of nitrogens with one attached hydrogen (secondary N) is 1. The summed E-state index contributed by atoms with van der Waals surface area (Å²) in [7, 11) is 1.74. The minimum Gasteiger partial charge on any atom is -0.394 e. The Kier molecular flexibility index (Phi) is 9.64. The van der Waals surface area contributed by atoms with Gasteiger partial charge in [0.05, 0.1) is 13.2 Å². The minimum absolute atomic E-state index is 0.158. The lowest BCUT2D eigenvalue weighted by Gasteiger charge is -2.32. The molecule has 0 spiro atoms. The van der Waals surface area contributed by atoms with Gasteiger partial charge in [0.25, 0.3) is 0 Å². The predicted octanol–water partition coefficient (Wildman–Crippen LogP) is 1.48. The van der Waals surface area contributed by atoms with Crippen molar-refractivity contribution in [1.29, 1.82) is 0 Å². The Morgan fingerprint density at radius 3 is 2.44 bits per heavy atom. The fourth-order valence-corrected chi connectivity index (χ4v) is 2.24. The lowest BCUT2D eigenvalue weighted by Crippen LogP contribution is -2.49. The molecule has 0 saturated heterocycles. The van der Waals surface area contributed by atoms with Crippen LogP contribution in [0.25, 0.3) is 0 Å². The molecule has 0 radical (unpaired) electrons. The monoisotopic (exact) mass is 260 g/mol. The summed E-state index contributed by atoms with van der Waals surface area (Å²) in [5.74, 6) is 0. The van der Waals surface area contributed by atoms with Crippen molar-refractivity contribution in [1.82, 2.24) is 10.2 Å². The van der Waals surface area contributed by atoms with E-state index in [0.29, 0.717) is 6.04 Å².